The number of aromatic nitrogens is 3. The number of benzene rings is 1. The molecule has 2 rings (SSSR count). The van der Waals surface area contributed by atoms with Crippen molar-refractivity contribution in [3.63, 3.8) is 0 Å². The van der Waals surface area contributed by atoms with Crippen molar-refractivity contribution in [2.24, 2.45) is 4.99 Å². The molecule has 118 valence electrons. The molecule has 0 bridgehead atoms. The molecular weight excluding hydrogens is 310 g/mol. The lowest BCUT2D eigenvalue weighted by molar-refractivity contribution is 0.208. The maximum absolute atomic E-state index is 11.3. The van der Waals surface area contributed by atoms with Crippen LogP contribution in [0.4, 0.5) is 5.69 Å². The number of nitrogens with one attached hydrogen (secondary N) is 2. The molecule has 1 aromatic carbocycles. The first kappa shape index (κ1) is 16.1. The van der Waals surface area contributed by atoms with Crippen molar-refractivity contribution >= 4 is 21.0 Å². The molecule has 22 heavy (non-hydrogen) atoms. The van der Waals surface area contributed by atoms with Gasteiger partial charge in [0.25, 0.3) is 0 Å². The second-order valence-corrected chi connectivity index (χ2v) is 5.53. The lowest BCUT2D eigenvalue weighted by atomic mass is 10.2. The molecule has 0 spiro atoms. The molecule has 1 aromatic heterocycles. The van der Waals surface area contributed by atoms with Crippen LogP contribution >= 0.6 is 0 Å². The van der Waals surface area contributed by atoms with Gasteiger partial charge in [-0.2, -0.15) is 13.5 Å². The van der Waals surface area contributed by atoms with E-state index in [1.54, 1.807) is 24.3 Å². The number of anilines is 1. The molecule has 0 atom stereocenters. The standard InChI is InChI=1S/C12H15N5O4S/c1-21-7-6-13-12(22(18,19)20)16-10-4-2-9(3-5-10)11-14-8-15-17-11/h2-5,8H,6-7H2,1H3,(H,13,16)(H,14,15,17)(H,18,19,20). The third-order valence-electron chi connectivity index (χ3n) is 2.62. The number of nitrogens with zero attached hydrogens (tertiary/aromatic N) is 3. The van der Waals surface area contributed by atoms with Gasteiger partial charge in [0, 0.05) is 18.4 Å². The van der Waals surface area contributed by atoms with Gasteiger partial charge < -0.3 is 10.1 Å². The number of aliphatic imine (C=N–C) groups is 1. The smallest absolute Gasteiger partial charge is 0.328 e. The van der Waals surface area contributed by atoms with Crippen molar-refractivity contribution in [3.05, 3.63) is 30.6 Å². The van der Waals surface area contributed by atoms with E-state index in [0.29, 0.717) is 11.5 Å². The van der Waals surface area contributed by atoms with E-state index in [9.17, 15) is 8.42 Å². The van der Waals surface area contributed by atoms with Gasteiger partial charge in [-0.3, -0.25) is 14.6 Å². The number of rotatable bonds is 5. The molecule has 2 aromatic rings. The molecule has 9 nitrogen and oxygen atoms in total. The van der Waals surface area contributed by atoms with Crippen LogP contribution in [0, 0.1) is 0 Å². The minimum atomic E-state index is -4.44. The quantitative estimate of drug-likeness (QED) is 0.320. The third-order valence-corrected chi connectivity index (χ3v) is 3.34. The Morgan fingerprint density at radius 3 is 2.68 bits per heavy atom. The van der Waals surface area contributed by atoms with Crippen molar-refractivity contribution in [2.45, 2.75) is 0 Å². The van der Waals surface area contributed by atoms with E-state index in [-0.39, 0.29) is 13.2 Å². The predicted molar refractivity (Wildman–Crippen MR) is 81.2 cm³/mol. The van der Waals surface area contributed by atoms with Crippen LogP contribution < -0.4 is 5.32 Å². The first-order chi connectivity index (χ1) is 10.5. The summed E-state index contributed by atoms with van der Waals surface area (Å²) in [6.07, 6.45) is 1.39. The summed E-state index contributed by atoms with van der Waals surface area (Å²) in [5.74, 6) is 0.593. The minimum absolute atomic E-state index is 0.106. The van der Waals surface area contributed by atoms with Crippen LogP contribution in [0.3, 0.4) is 0 Å². The summed E-state index contributed by atoms with van der Waals surface area (Å²) in [7, 11) is -2.97. The van der Waals surface area contributed by atoms with Crippen LogP contribution in [0.2, 0.25) is 0 Å². The van der Waals surface area contributed by atoms with Gasteiger partial charge in [0.15, 0.2) is 5.82 Å². The predicted octanol–water partition coefficient (Wildman–Crippen LogP) is 0.774. The van der Waals surface area contributed by atoms with Crippen molar-refractivity contribution in [2.75, 3.05) is 25.6 Å². The molecule has 1 heterocycles. The third kappa shape index (κ3) is 4.35. The van der Waals surface area contributed by atoms with Crippen LogP contribution in [0.25, 0.3) is 11.4 Å². The highest BCUT2D eigenvalue weighted by Crippen LogP contribution is 2.17. The van der Waals surface area contributed by atoms with Crippen molar-refractivity contribution in [1.29, 1.82) is 0 Å². The SMILES string of the molecule is COCCN=C(Nc1ccc(-c2ncn[nH]2)cc1)S(=O)(=O)O. The fourth-order valence-electron chi connectivity index (χ4n) is 1.60. The largest absolute Gasteiger partial charge is 0.383 e. The minimum Gasteiger partial charge on any atom is -0.383 e. The second-order valence-electron chi connectivity index (χ2n) is 4.19. The lowest BCUT2D eigenvalue weighted by Crippen LogP contribution is -2.23. The van der Waals surface area contributed by atoms with Crippen molar-refractivity contribution in [1.82, 2.24) is 15.2 Å². The highest BCUT2D eigenvalue weighted by atomic mass is 32.2. The number of methoxy groups -OCH3 is 1. The van der Waals surface area contributed by atoms with Gasteiger partial charge in [0.05, 0.1) is 13.2 Å². The summed E-state index contributed by atoms with van der Waals surface area (Å²) >= 11 is 0. The fourth-order valence-corrected chi connectivity index (χ4v) is 2.10. The maximum atomic E-state index is 11.3. The zero-order valence-corrected chi connectivity index (χ0v) is 12.5. The summed E-state index contributed by atoms with van der Waals surface area (Å²) in [5, 5.41) is 8.50. The summed E-state index contributed by atoms with van der Waals surface area (Å²) in [4.78, 5) is 7.77. The maximum Gasteiger partial charge on any atom is 0.328 e. The Labute approximate surface area is 127 Å². The van der Waals surface area contributed by atoms with Crippen LogP contribution in [0.1, 0.15) is 0 Å². The Balaban J connectivity index is 2.15. The molecule has 0 aliphatic carbocycles. The molecule has 10 heteroatoms. The molecule has 0 aliphatic heterocycles. The van der Waals surface area contributed by atoms with Gasteiger partial charge in [-0.15, -0.1) is 0 Å². The number of H-pyrrole nitrogens is 1. The average Bonchev–Trinajstić information content (AvgIpc) is 3.00. The zero-order chi connectivity index (χ0) is 16.0. The Kier molecular flexibility index (Phi) is 5.20. The van der Waals surface area contributed by atoms with E-state index in [1.807, 2.05) is 0 Å². The number of ether oxygens (including phenoxy) is 1. The van der Waals surface area contributed by atoms with Crippen molar-refractivity contribution in [3.8, 4) is 11.4 Å². The molecule has 3 N–H and O–H groups in total. The molecule has 0 fully saturated rings. The number of amidine groups is 1. The van der Waals surface area contributed by atoms with E-state index in [1.165, 1.54) is 13.4 Å². The second kappa shape index (κ2) is 7.11. The van der Waals surface area contributed by atoms with Gasteiger partial charge in [0.2, 0.25) is 5.17 Å². The average molecular weight is 325 g/mol. The summed E-state index contributed by atoms with van der Waals surface area (Å²) in [6, 6.07) is 6.71. The van der Waals surface area contributed by atoms with Crippen LogP contribution in [-0.4, -0.2) is 53.6 Å². The van der Waals surface area contributed by atoms with Gasteiger partial charge in [-0.25, -0.2) is 4.98 Å². The van der Waals surface area contributed by atoms with Gasteiger partial charge in [-0.05, 0) is 24.3 Å². The molecular formula is C12H15N5O4S. The van der Waals surface area contributed by atoms with Gasteiger partial charge >= 0.3 is 10.1 Å². The Morgan fingerprint density at radius 2 is 2.14 bits per heavy atom. The van der Waals surface area contributed by atoms with E-state index in [2.05, 4.69) is 25.5 Å². The van der Waals surface area contributed by atoms with Gasteiger partial charge in [0.1, 0.15) is 6.33 Å². The van der Waals surface area contributed by atoms with E-state index in [0.717, 1.165) is 5.56 Å². The van der Waals surface area contributed by atoms with E-state index in [4.69, 9.17) is 9.29 Å². The molecule has 0 saturated carbocycles. The normalized spacial score (nSPS) is 12.4. The highest BCUT2D eigenvalue weighted by molar-refractivity contribution is 8.01. The first-order valence-corrected chi connectivity index (χ1v) is 7.68. The highest BCUT2D eigenvalue weighted by Gasteiger charge is 2.16. The topological polar surface area (TPSA) is 130 Å². The number of hydrogen-bond acceptors (Lipinski definition) is 6. The fraction of sp³-hybridized carbons (Fsp3) is 0.250. The summed E-state index contributed by atoms with van der Waals surface area (Å²) in [6.45, 7) is 0.347. The van der Waals surface area contributed by atoms with Crippen LogP contribution in [0.5, 0.6) is 0 Å². The van der Waals surface area contributed by atoms with E-state index < -0.39 is 15.3 Å². The van der Waals surface area contributed by atoms with Crippen LogP contribution in [-0.2, 0) is 14.9 Å². The van der Waals surface area contributed by atoms with Crippen LogP contribution in [0.15, 0.2) is 35.6 Å². The number of hydrogen-bond donors (Lipinski definition) is 3. The van der Waals surface area contributed by atoms with Crippen molar-refractivity contribution < 1.29 is 17.7 Å². The molecule has 0 radical (unpaired) electrons. The summed E-state index contributed by atoms with van der Waals surface area (Å²) < 4.78 is 36.5. The Morgan fingerprint density at radius 1 is 1.41 bits per heavy atom. The zero-order valence-electron chi connectivity index (χ0n) is 11.7. The molecule has 0 aliphatic rings. The van der Waals surface area contributed by atoms with E-state index >= 15 is 0 Å². The first-order valence-electron chi connectivity index (χ1n) is 6.24. The lowest BCUT2D eigenvalue weighted by Gasteiger charge is -2.08. The summed E-state index contributed by atoms with van der Waals surface area (Å²) in [5.41, 5.74) is 1.24. The molecule has 0 amide bonds. The molecule has 0 saturated heterocycles. The monoisotopic (exact) mass is 325 g/mol. The van der Waals surface area contributed by atoms with Gasteiger partial charge in [-0.1, -0.05) is 0 Å². The Hall–Kier alpha value is -2.30. The Bertz CT molecular complexity index is 725. The number of aromatic amines is 1. The molecule has 0 unspecified atom stereocenters.